The number of nitrogens with zero attached hydrogens (tertiary/aromatic N) is 1. The molecule has 1 aliphatic heterocycles. The van der Waals surface area contributed by atoms with Gasteiger partial charge in [0, 0.05) is 25.8 Å². The molecule has 100 valence electrons. The molecule has 0 radical (unpaired) electrons. The lowest BCUT2D eigenvalue weighted by Crippen LogP contribution is -2.02. The molecule has 0 atom stereocenters. The molecule has 2 aromatic heterocycles. The van der Waals surface area contributed by atoms with Crippen molar-refractivity contribution >= 4 is 16.8 Å². The summed E-state index contributed by atoms with van der Waals surface area (Å²) in [5, 5.41) is 7.78. The SMILES string of the molecule is c1cc2occc2c(NCc2ccc3c(c2)CNC3)n1. The molecule has 1 aliphatic rings. The van der Waals surface area contributed by atoms with Crippen LogP contribution in [-0.4, -0.2) is 4.98 Å². The minimum atomic E-state index is 0.768. The molecule has 4 nitrogen and oxygen atoms in total. The maximum absolute atomic E-state index is 5.38. The van der Waals surface area contributed by atoms with E-state index in [1.165, 1.54) is 16.7 Å². The number of hydrogen-bond donors (Lipinski definition) is 2. The quantitative estimate of drug-likeness (QED) is 0.764. The number of anilines is 1. The highest BCUT2D eigenvalue weighted by Crippen LogP contribution is 2.23. The van der Waals surface area contributed by atoms with Crippen LogP contribution in [0.1, 0.15) is 16.7 Å². The smallest absolute Gasteiger partial charge is 0.139 e. The van der Waals surface area contributed by atoms with Crippen molar-refractivity contribution in [2.45, 2.75) is 19.6 Å². The predicted octanol–water partition coefficient (Wildman–Crippen LogP) is 3.04. The fraction of sp³-hybridized carbons (Fsp3) is 0.188. The Balaban J connectivity index is 1.57. The van der Waals surface area contributed by atoms with Gasteiger partial charge in [0.25, 0.3) is 0 Å². The summed E-state index contributed by atoms with van der Waals surface area (Å²) < 4.78 is 5.38. The van der Waals surface area contributed by atoms with Crippen LogP contribution in [0.2, 0.25) is 0 Å². The number of nitrogens with one attached hydrogen (secondary N) is 2. The van der Waals surface area contributed by atoms with Gasteiger partial charge in [0.05, 0.1) is 11.6 Å². The number of benzene rings is 1. The van der Waals surface area contributed by atoms with Crippen LogP contribution in [0.3, 0.4) is 0 Å². The van der Waals surface area contributed by atoms with Crippen LogP contribution in [0.5, 0.6) is 0 Å². The van der Waals surface area contributed by atoms with Gasteiger partial charge in [0.2, 0.25) is 0 Å². The average molecular weight is 265 g/mol. The fourth-order valence-electron chi connectivity index (χ4n) is 2.68. The summed E-state index contributed by atoms with van der Waals surface area (Å²) in [7, 11) is 0. The summed E-state index contributed by atoms with van der Waals surface area (Å²) in [6.07, 6.45) is 3.46. The number of fused-ring (bicyclic) bond motifs is 2. The Hall–Kier alpha value is -2.33. The first-order valence-corrected chi connectivity index (χ1v) is 6.78. The van der Waals surface area contributed by atoms with Crippen LogP contribution in [0.15, 0.2) is 47.2 Å². The number of rotatable bonds is 3. The van der Waals surface area contributed by atoms with Crippen LogP contribution >= 0.6 is 0 Å². The first kappa shape index (κ1) is 11.5. The van der Waals surface area contributed by atoms with Gasteiger partial charge in [-0.1, -0.05) is 18.2 Å². The van der Waals surface area contributed by atoms with E-state index in [0.29, 0.717) is 0 Å². The van der Waals surface area contributed by atoms with Gasteiger partial charge in [-0.05, 0) is 28.8 Å². The molecule has 20 heavy (non-hydrogen) atoms. The van der Waals surface area contributed by atoms with Crippen molar-refractivity contribution < 1.29 is 4.42 Å². The van der Waals surface area contributed by atoms with Crippen LogP contribution in [0.25, 0.3) is 11.0 Å². The third-order valence-corrected chi connectivity index (χ3v) is 3.74. The Morgan fingerprint density at radius 2 is 2.10 bits per heavy atom. The zero-order chi connectivity index (χ0) is 13.4. The average Bonchev–Trinajstić information content (AvgIpc) is 3.13. The zero-order valence-electron chi connectivity index (χ0n) is 11.0. The molecule has 1 aromatic carbocycles. The zero-order valence-corrected chi connectivity index (χ0v) is 11.0. The van der Waals surface area contributed by atoms with Crippen LogP contribution in [0, 0.1) is 0 Å². The lowest BCUT2D eigenvalue weighted by molar-refractivity contribution is 0.615. The second-order valence-electron chi connectivity index (χ2n) is 5.05. The minimum Gasteiger partial charge on any atom is -0.464 e. The van der Waals surface area contributed by atoms with Crippen molar-refractivity contribution in [2.75, 3.05) is 5.32 Å². The van der Waals surface area contributed by atoms with Crippen LogP contribution < -0.4 is 10.6 Å². The molecule has 4 heteroatoms. The molecule has 0 aliphatic carbocycles. The highest BCUT2D eigenvalue weighted by atomic mass is 16.3. The van der Waals surface area contributed by atoms with Crippen molar-refractivity contribution in [3.63, 3.8) is 0 Å². The molecule has 0 saturated heterocycles. The molecule has 0 amide bonds. The van der Waals surface area contributed by atoms with Gasteiger partial charge in [-0.2, -0.15) is 0 Å². The Morgan fingerprint density at radius 3 is 3.10 bits per heavy atom. The van der Waals surface area contributed by atoms with Gasteiger partial charge in [-0.3, -0.25) is 0 Å². The lowest BCUT2D eigenvalue weighted by atomic mass is 10.1. The van der Waals surface area contributed by atoms with E-state index in [1.807, 2.05) is 12.1 Å². The molecule has 3 heterocycles. The number of pyridine rings is 1. The van der Waals surface area contributed by atoms with E-state index < -0.39 is 0 Å². The first-order valence-electron chi connectivity index (χ1n) is 6.78. The number of furan rings is 1. The molecule has 0 fully saturated rings. The second-order valence-corrected chi connectivity index (χ2v) is 5.05. The lowest BCUT2D eigenvalue weighted by Gasteiger charge is -2.08. The van der Waals surface area contributed by atoms with E-state index >= 15 is 0 Å². The van der Waals surface area contributed by atoms with Gasteiger partial charge >= 0.3 is 0 Å². The number of hydrogen-bond acceptors (Lipinski definition) is 4. The van der Waals surface area contributed by atoms with E-state index in [4.69, 9.17) is 4.42 Å². The molecule has 0 bridgehead atoms. The molecule has 2 N–H and O–H groups in total. The summed E-state index contributed by atoms with van der Waals surface area (Å²) in [6, 6.07) is 10.5. The van der Waals surface area contributed by atoms with Crippen LogP contribution in [0.4, 0.5) is 5.82 Å². The van der Waals surface area contributed by atoms with Crippen LogP contribution in [-0.2, 0) is 19.6 Å². The largest absolute Gasteiger partial charge is 0.464 e. The summed E-state index contributed by atoms with van der Waals surface area (Å²) >= 11 is 0. The highest BCUT2D eigenvalue weighted by Gasteiger charge is 2.10. The Morgan fingerprint density at radius 1 is 1.15 bits per heavy atom. The van der Waals surface area contributed by atoms with Gasteiger partial charge in [0.1, 0.15) is 11.4 Å². The van der Waals surface area contributed by atoms with E-state index in [-0.39, 0.29) is 0 Å². The monoisotopic (exact) mass is 265 g/mol. The molecule has 3 aromatic rings. The predicted molar refractivity (Wildman–Crippen MR) is 78.3 cm³/mol. The summed E-state index contributed by atoms with van der Waals surface area (Å²) in [5.74, 6) is 0.870. The van der Waals surface area contributed by atoms with Crippen molar-refractivity contribution in [3.05, 3.63) is 59.5 Å². The van der Waals surface area contributed by atoms with Crippen molar-refractivity contribution in [2.24, 2.45) is 0 Å². The Kier molecular flexibility index (Phi) is 2.67. The molecular formula is C16H15N3O. The second kappa shape index (κ2) is 4.65. The van der Waals surface area contributed by atoms with Gasteiger partial charge in [-0.25, -0.2) is 4.98 Å². The standard InChI is InChI=1S/C16H15N3O/c1-2-12-9-17-10-13(12)7-11(1)8-19-16-14-4-6-20-15(14)3-5-18-16/h1-7,17H,8-10H2,(H,18,19). The molecular weight excluding hydrogens is 250 g/mol. The van der Waals surface area contributed by atoms with E-state index in [2.05, 4.69) is 33.8 Å². The molecule has 0 unspecified atom stereocenters. The summed E-state index contributed by atoms with van der Waals surface area (Å²) in [5.41, 5.74) is 4.94. The molecule has 0 saturated carbocycles. The fourth-order valence-corrected chi connectivity index (χ4v) is 2.68. The summed E-state index contributed by atoms with van der Waals surface area (Å²) in [6.45, 7) is 2.72. The third kappa shape index (κ3) is 1.94. The minimum absolute atomic E-state index is 0.768. The van der Waals surface area contributed by atoms with Crippen molar-refractivity contribution in [1.82, 2.24) is 10.3 Å². The number of aromatic nitrogens is 1. The third-order valence-electron chi connectivity index (χ3n) is 3.74. The molecule has 0 spiro atoms. The maximum atomic E-state index is 5.38. The topological polar surface area (TPSA) is 50.1 Å². The maximum Gasteiger partial charge on any atom is 0.139 e. The van der Waals surface area contributed by atoms with Gasteiger partial charge < -0.3 is 15.1 Å². The van der Waals surface area contributed by atoms with Crippen molar-refractivity contribution in [1.29, 1.82) is 0 Å². The van der Waals surface area contributed by atoms with E-state index in [0.717, 1.165) is 36.4 Å². The van der Waals surface area contributed by atoms with Crippen molar-refractivity contribution in [3.8, 4) is 0 Å². The van der Waals surface area contributed by atoms with Gasteiger partial charge in [-0.15, -0.1) is 0 Å². The Bertz CT molecular complexity index is 763. The molecule has 4 rings (SSSR count). The normalized spacial score (nSPS) is 13.6. The highest BCUT2D eigenvalue weighted by molar-refractivity contribution is 5.87. The van der Waals surface area contributed by atoms with E-state index in [9.17, 15) is 0 Å². The van der Waals surface area contributed by atoms with Gasteiger partial charge in [0.15, 0.2) is 0 Å². The summed E-state index contributed by atoms with van der Waals surface area (Å²) in [4.78, 5) is 4.38. The van der Waals surface area contributed by atoms with E-state index in [1.54, 1.807) is 12.5 Å². The first-order chi connectivity index (χ1) is 9.90. The Labute approximate surface area is 116 Å².